The monoisotopic (exact) mass is 352 g/mol. The first-order valence-corrected chi connectivity index (χ1v) is 8.90. The zero-order valence-corrected chi connectivity index (χ0v) is 14.4. The molecular weight excluding hydrogens is 332 g/mol. The van der Waals surface area contributed by atoms with Crippen molar-refractivity contribution in [3.05, 3.63) is 48.5 Å². The van der Waals surface area contributed by atoms with Crippen molar-refractivity contribution in [3.63, 3.8) is 0 Å². The van der Waals surface area contributed by atoms with E-state index in [-0.39, 0.29) is 5.91 Å². The van der Waals surface area contributed by atoms with Crippen molar-refractivity contribution in [2.75, 3.05) is 5.32 Å². The molecule has 134 valence electrons. The third-order valence-electron chi connectivity index (χ3n) is 4.60. The van der Waals surface area contributed by atoms with Crippen molar-refractivity contribution in [1.29, 1.82) is 0 Å². The van der Waals surface area contributed by atoms with E-state index in [0.29, 0.717) is 30.5 Å². The van der Waals surface area contributed by atoms with Gasteiger partial charge in [-0.05, 0) is 37.1 Å². The molecule has 1 fully saturated rings. The number of carbonyl (C=O) groups is 1. The number of oxazole rings is 1. The van der Waals surface area contributed by atoms with E-state index in [9.17, 15) is 4.79 Å². The molecule has 4 rings (SSSR count). The Morgan fingerprint density at radius 1 is 1.15 bits per heavy atom. The number of hydrogen-bond acceptors (Lipinski definition) is 6. The van der Waals surface area contributed by atoms with Crippen LogP contribution in [0, 0.1) is 0 Å². The highest BCUT2D eigenvalue weighted by Crippen LogP contribution is 2.33. The summed E-state index contributed by atoms with van der Waals surface area (Å²) in [5.74, 6) is 2.11. The minimum atomic E-state index is -0.0884. The summed E-state index contributed by atoms with van der Waals surface area (Å²) in [6.07, 6.45) is 8.55. The van der Waals surface area contributed by atoms with Gasteiger partial charge in [0, 0.05) is 30.0 Å². The molecule has 1 N–H and O–H groups in total. The van der Waals surface area contributed by atoms with Gasteiger partial charge in [-0.3, -0.25) is 4.79 Å². The van der Waals surface area contributed by atoms with Gasteiger partial charge in [0.15, 0.2) is 0 Å². The lowest BCUT2D eigenvalue weighted by Gasteiger charge is -2.05. The number of hydrogen-bond donors (Lipinski definition) is 1. The van der Waals surface area contributed by atoms with Gasteiger partial charge >= 0.3 is 0 Å². The molecule has 1 aliphatic rings. The molecule has 7 nitrogen and oxygen atoms in total. The molecule has 2 heterocycles. The maximum Gasteiger partial charge on any atom is 0.225 e. The Labute approximate surface area is 150 Å². The number of carbonyl (C=O) groups excluding carboxylic acids is 1. The lowest BCUT2D eigenvalue weighted by Crippen LogP contribution is -2.12. The van der Waals surface area contributed by atoms with E-state index in [1.165, 1.54) is 19.1 Å². The highest BCUT2D eigenvalue weighted by molar-refractivity contribution is 5.90. The Morgan fingerprint density at radius 3 is 2.69 bits per heavy atom. The second kappa shape index (κ2) is 7.51. The van der Waals surface area contributed by atoms with Gasteiger partial charge in [-0.1, -0.05) is 12.8 Å². The molecule has 3 aromatic rings. The standard InChI is InChI=1S/C19H20N4O3/c24-16(9-10-17-22-23-19(26-17)13-3-1-2-4-13)21-15-7-5-14(6-8-15)18-20-11-12-25-18/h5-8,11-13H,1-4,9-10H2,(H,21,24). The lowest BCUT2D eigenvalue weighted by atomic mass is 10.1. The fourth-order valence-electron chi connectivity index (χ4n) is 3.21. The molecule has 0 radical (unpaired) electrons. The Hall–Kier alpha value is -2.96. The number of nitrogens with one attached hydrogen (secondary N) is 1. The van der Waals surface area contributed by atoms with Gasteiger partial charge in [0.25, 0.3) is 0 Å². The smallest absolute Gasteiger partial charge is 0.225 e. The van der Waals surface area contributed by atoms with Gasteiger partial charge in [-0.15, -0.1) is 10.2 Å². The first-order valence-electron chi connectivity index (χ1n) is 8.90. The number of aryl methyl sites for hydroxylation is 1. The predicted octanol–water partition coefficient (Wildman–Crippen LogP) is 3.95. The van der Waals surface area contributed by atoms with Crippen LogP contribution in [0.4, 0.5) is 5.69 Å². The molecule has 0 saturated heterocycles. The molecule has 1 aliphatic carbocycles. The van der Waals surface area contributed by atoms with Crippen LogP contribution < -0.4 is 5.32 Å². The van der Waals surface area contributed by atoms with Crippen molar-refractivity contribution in [2.45, 2.75) is 44.4 Å². The number of anilines is 1. The van der Waals surface area contributed by atoms with Crippen LogP contribution in [-0.4, -0.2) is 21.1 Å². The first kappa shape index (κ1) is 16.5. The zero-order valence-electron chi connectivity index (χ0n) is 14.4. The fraction of sp³-hybridized carbons (Fsp3) is 0.368. The molecule has 0 aliphatic heterocycles. The van der Waals surface area contributed by atoms with Crippen molar-refractivity contribution in [3.8, 4) is 11.5 Å². The lowest BCUT2D eigenvalue weighted by molar-refractivity contribution is -0.116. The number of rotatable bonds is 6. The summed E-state index contributed by atoms with van der Waals surface area (Å²) in [5.41, 5.74) is 1.58. The molecule has 2 aromatic heterocycles. The van der Waals surface area contributed by atoms with Gasteiger partial charge < -0.3 is 14.2 Å². The van der Waals surface area contributed by atoms with E-state index in [1.807, 2.05) is 24.3 Å². The van der Waals surface area contributed by atoms with Crippen LogP contribution in [0.1, 0.15) is 49.8 Å². The van der Waals surface area contributed by atoms with Gasteiger partial charge in [-0.25, -0.2) is 4.98 Å². The second-order valence-corrected chi connectivity index (χ2v) is 6.48. The summed E-state index contributed by atoms with van der Waals surface area (Å²) in [5, 5.41) is 11.1. The topological polar surface area (TPSA) is 94.0 Å². The number of benzene rings is 1. The highest BCUT2D eigenvalue weighted by Gasteiger charge is 2.22. The molecule has 7 heteroatoms. The first-order chi connectivity index (χ1) is 12.8. The molecular formula is C19H20N4O3. The Kier molecular flexibility index (Phi) is 4.77. The summed E-state index contributed by atoms with van der Waals surface area (Å²) >= 11 is 0. The van der Waals surface area contributed by atoms with Gasteiger partial charge in [0.1, 0.15) is 6.26 Å². The van der Waals surface area contributed by atoms with Crippen LogP contribution in [0.3, 0.4) is 0 Å². The quantitative estimate of drug-likeness (QED) is 0.722. The Balaban J connectivity index is 1.28. The maximum atomic E-state index is 12.1. The van der Waals surface area contributed by atoms with E-state index in [4.69, 9.17) is 8.83 Å². The minimum Gasteiger partial charge on any atom is -0.445 e. The minimum absolute atomic E-state index is 0.0884. The van der Waals surface area contributed by atoms with E-state index in [1.54, 1.807) is 6.20 Å². The molecule has 0 spiro atoms. The largest absolute Gasteiger partial charge is 0.445 e. The highest BCUT2D eigenvalue weighted by atomic mass is 16.4. The maximum absolute atomic E-state index is 12.1. The molecule has 0 bridgehead atoms. The van der Waals surface area contributed by atoms with Crippen LogP contribution in [-0.2, 0) is 11.2 Å². The third kappa shape index (κ3) is 3.82. The number of amides is 1. The molecule has 1 aromatic carbocycles. The number of aromatic nitrogens is 3. The average Bonchev–Trinajstić information content (AvgIpc) is 3.42. The summed E-state index contributed by atoms with van der Waals surface area (Å²) in [6.45, 7) is 0. The average molecular weight is 352 g/mol. The van der Waals surface area contributed by atoms with Crippen LogP contribution in [0.25, 0.3) is 11.5 Å². The molecule has 1 amide bonds. The Morgan fingerprint density at radius 2 is 1.96 bits per heavy atom. The summed E-state index contributed by atoms with van der Waals surface area (Å²) in [6, 6.07) is 7.35. The predicted molar refractivity (Wildman–Crippen MR) is 94.4 cm³/mol. The van der Waals surface area contributed by atoms with Crippen LogP contribution in [0.2, 0.25) is 0 Å². The van der Waals surface area contributed by atoms with Gasteiger partial charge in [0.05, 0.1) is 6.20 Å². The van der Waals surface area contributed by atoms with Crippen molar-refractivity contribution < 1.29 is 13.6 Å². The van der Waals surface area contributed by atoms with Crippen LogP contribution in [0.15, 0.2) is 45.6 Å². The van der Waals surface area contributed by atoms with E-state index in [0.717, 1.165) is 30.0 Å². The van der Waals surface area contributed by atoms with Crippen LogP contribution in [0.5, 0.6) is 0 Å². The molecule has 0 atom stereocenters. The number of nitrogens with zero attached hydrogens (tertiary/aromatic N) is 3. The van der Waals surface area contributed by atoms with Gasteiger partial charge in [-0.2, -0.15) is 0 Å². The van der Waals surface area contributed by atoms with Gasteiger partial charge in [0.2, 0.25) is 23.6 Å². The SMILES string of the molecule is O=C(CCc1nnc(C2CCCC2)o1)Nc1ccc(-c2ncco2)cc1. The fourth-order valence-corrected chi connectivity index (χ4v) is 3.21. The molecule has 0 unspecified atom stereocenters. The summed E-state index contributed by atoms with van der Waals surface area (Å²) in [4.78, 5) is 16.2. The normalized spacial score (nSPS) is 14.6. The van der Waals surface area contributed by atoms with E-state index < -0.39 is 0 Å². The summed E-state index contributed by atoms with van der Waals surface area (Å²) < 4.78 is 11.0. The van der Waals surface area contributed by atoms with Crippen LogP contribution >= 0.6 is 0 Å². The van der Waals surface area contributed by atoms with Crippen molar-refractivity contribution >= 4 is 11.6 Å². The third-order valence-corrected chi connectivity index (χ3v) is 4.60. The zero-order chi connectivity index (χ0) is 17.8. The molecule has 1 saturated carbocycles. The van der Waals surface area contributed by atoms with Crippen molar-refractivity contribution in [1.82, 2.24) is 15.2 Å². The van der Waals surface area contributed by atoms with Crippen molar-refractivity contribution in [2.24, 2.45) is 0 Å². The summed E-state index contributed by atoms with van der Waals surface area (Å²) in [7, 11) is 0. The second-order valence-electron chi connectivity index (χ2n) is 6.48. The molecule has 26 heavy (non-hydrogen) atoms. The van der Waals surface area contributed by atoms with E-state index >= 15 is 0 Å². The van der Waals surface area contributed by atoms with E-state index in [2.05, 4.69) is 20.5 Å². The Bertz CT molecular complexity index is 849.